The van der Waals surface area contributed by atoms with E-state index in [0.717, 1.165) is 31.9 Å². The van der Waals surface area contributed by atoms with Crippen LogP contribution in [0.2, 0.25) is 0 Å². The first-order valence-corrected chi connectivity index (χ1v) is 9.44. The van der Waals surface area contributed by atoms with Crippen molar-refractivity contribution in [2.75, 3.05) is 25.3 Å². The first-order chi connectivity index (χ1) is 13.5. The number of rotatable bonds is 3. The Kier molecular flexibility index (Phi) is 4.32. The first-order valence-electron chi connectivity index (χ1n) is 8.62. The number of nitrogens with zero attached hydrogens (tertiary/aromatic N) is 2. The van der Waals surface area contributed by atoms with Crippen LogP contribution in [0.25, 0.3) is 10.2 Å². The van der Waals surface area contributed by atoms with Crippen molar-refractivity contribution in [2.45, 2.75) is 19.3 Å². The second kappa shape index (κ2) is 6.69. The zero-order valence-corrected chi connectivity index (χ0v) is 16.4. The Morgan fingerprint density at radius 3 is 2.75 bits per heavy atom. The van der Waals surface area contributed by atoms with Crippen molar-refractivity contribution in [1.82, 2.24) is 4.98 Å². The van der Waals surface area contributed by atoms with Gasteiger partial charge < -0.3 is 20.5 Å². The van der Waals surface area contributed by atoms with E-state index in [9.17, 15) is 10.1 Å². The molecule has 0 bridgehead atoms. The van der Waals surface area contributed by atoms with Crippen molar-refractivity contribution in [2.24, 2.45) is 0 Å². The number of nitrogens with two attached hydrogens (primary N) is 1. The largest absolute Gasteiger partial charge is 0.493 e. The average molecular weight is 394 g/mol. The number of hydrogen-bond acceptors (Lipinski definition) is 7. The third-order valence-corrected chi connectivity index (χ3v) is 6.27. The maximum Gasteiger partial charge on any atom is 0.225 e. The predicted octanol–water partition coefficient (Wildman–Crippen LogP) is 3.55. The van der Waals surface area contributed by atoms with Gasteiger partial charge in [0.1, 0.15) is 16.9 Å². The van der Waals surface area contributed by atoms with E-state index in [4.69, 9.17) is 15.2 Å². The van der Waals surface area contributed by atoms with E-state index in [1.807, 2.05) is 25.1 Å². The number of hydrogen-bond donors (Lipinski definition) is 2. The van der Waals surface area contributed by atoms with Crippen LogP contribution in [0.15, 0.2) is 18.2 Å². The van der Waals surface area contributed by atoms with Crippen molar-refractivity contribution in [3.63, 3.8) is 0 Å². The molecule has 4 rings (SSSR count). The molecule has 0 radical (unpaired) electrons. The number of fused-ring (bicyclic) bond motifs is 3. The Balaban J connectivity index is 1.96. The number of nitrogens with one attached hydrogen (secondary N) is 1. The molecule has 3 heterocycles. The van der Waals surface area contributed by atoms with Crippen LogP contribution in [-0.4, -0.2) is 25.1 Å². The number of nitrogen functional groups attached to an aromatic ring is 1. The fourth-order valence-corrected chi connectivity index (χ4v) is 4.88. The standard InChI is InChI=1S/C20H18N4O3S/c1-9-12(8-21)19(22)24-17-16-11(7-15(25)23-20(16)28-18(9)17)10-4-5-13(26-2)14(6-10)27-3/h4-6,11H,7H2,1-3H3,(H2,22,24)(H,23,25). The smallest absolute Gasteiger partial charge is 0.225 e. The van der Waals surface area contributed by atoms with Gasteiger partial charge in [0, 0.05) is 17.9 Å². The van der Waals surface area contributed by atoms with Crippen molar-refractivity contribution >= 4 is 38.3 Å². The lowest BCUT2D eigenvalue weighted by Crippen LogP contribution is -2.22. The van der Waals surface area contributed by atoms with E-state index < -0.39 is 0 Å². The number of aryl methyl sites for hydroxylation is 1. The highest BCUT2D eigenvalue weighted by Gasteiger charge is 2.32. The van der Waals surface area contributed by atoms with Crippen LogP contribution in [0, 0.1) is 18.3 Å². The Hall–Kier alpha value is -3.31. The van der Waals surface area contributed by atoms with Crippen LogP contribution in [0.1, 0.15) is 34.6 Å². The van der Waals surface area contributed by atoms with E-state index in [1.165, 1.54) is 11.3 Å². The van der Waals surface area contributed by atoms with Crippen LogP contribution >= 0.6 is 11.3 Å². The number of benzene rings is 1. The average Bonchev–Trinajstić information content (AvgIpc) is 3.05. The minimum Gasteiger partial charge on any atom is -0.493 e. The number of thiophene rings is 1. The molecule has 0 saturated carbocycles. The topological polar surface area (TPSA) is 110 Å². The van der Waals surface area contributed by atoms with Gasteiger partial charge in [-0.2, -0.15) is 5.26 Å². The molecular weight excluding hydrogens is 376 g/mol. The zero-order chi connectivity index (χ0) is 20.0. The van der Waals surface area contributed by atoms with E-state index in [0.29, 0.717) is 17.1 Å². The fraction of sp³-hybridized carbons (Fsp3) is 0.250. The Bertz CT molecular complexity index is 1160. The van der Waals surface area contributed by atoms with Crippen LogP contribution in [-0.2, 0) is 4.79 Å². The number of aromatic nitrogens is 1. The molecule has 28 heavy (non-hydrogen) atoms. The molecule has 0 aliphatic carbocycles. The summed E-state index contributed by atoms with van der Waals surface area (Å²) in [5.74, 6) is 1.17. The highest BCUT2D eigenvalue weighted by atomic mass is 32.1. The van der Waals surface area contributed by atoms with Crippen molar-refractivity contribution in [3.05, 3.63) is 40.5 Å². The molecule has 7 nitrogen and oxygen atoms in total. The number of pyridine rings is 1. The number of carbonyl (C=O) groups excluding carboxylic acids is 1. The molecule has 142 valence electrons. The number of ether oxygens (including phenoxy) is 2. The van der Waals surface area contributed by atoms with Gasteiger partial charge in [0.05, 0.1) is 30.0 Å². The molecule has 3 N–H and O–H groups in total. The molecular formula is C20H18N4O3S. The Labute approximate surface area is 165 Å². The van der Waals surface area contributed by atoms with Gasteiger partial charge in [-0.15, -0.1) is 11.3 Å². The number of methoxy groups -OCH3 is 2. The summed E-state index contributed by atoms with van der Waals surface area (Å²) in [6, 6.07) is 7.76. The van der Waals surface area contributed by atoms with Crippen molar-refractivity contribution in [1.29, 1.82) is 5.26 Å². The lowest BCUT2D eigenvalue weighted by atomic mass is 9.86. The molecule has 8 heteroatoms. The normalized spacial score (nSPS) is 15.6. The SMILES string of the molecule is COc1ccc(C2CC(=O)Nc3sc4c(C)c(C#N)c(N)nc4c32)cc1OC. The van der Waals surface area contributed by atoms with Crippen molar-refractivity contribution < 1.29 is 14.3 Å². The molecule has 1 aliphatic heterocycles. The zero-order valence-electron chi connectivity index (χ0n) is 15.6. The summed E-state index contributed by atoms with van der Waals surface area (Å²) >= 11 is 1.43. The number of carbonyl (C=O) groups is 1. The summed E-state index contributed by atoms with van der Waals surface area (Å²) < 4.78 is 11.6. The number of amides is 1. The third-order valence-electron chi connectivity index (χ3n) is 5.04. The van der Waals surface area contributed by atoms with E-state index in [2.05, 4.69) is 16.4 Å². The van der Waals surface area contributed by atoms with Crippen LogP contribution in [0.3, 0.4) is 0 Å². The monoisotopic (exact) mass is 394 g/mol. The Morgan fingerprint density at radius 2 is 2.07 bits per heavy atom. The lowest BCUT2D eigenvalue weighted by Gasteiger charge is -2.24. The van der Waals surface area contributed by atoms with Crippen LogP contribution in [0.4, 0.5) is 10.8 Å². The molecule has 1 aliphatic rings. The minimum absolute atomic E-state index is 0.0648. The molecule has 0 spiro atoms. The molecule has 1 aromatic carbocycles. The molecule has 1 amide bonds. The maximum absolute atomic E-state index is 12.4. The summed E-state index contributed by atoms with van der Waals surface area (Å²) in [6.45, 7) is 1.86. The first kappa shape index (κ1) is 18.1. The van der Waals surface area contributed by atoms with Crippen molar-refractivity contribution in [3.8, 4) is 17.6 Å². The van der Waals surface area contributed by atoms with E-state index >= 15 is 0 Å². The molecule has 2 aromatic heterocycles. The fourth-order valence-electron chi connectivity index (χ4n) is 3.66. The molecule has 0 saturated heterocycles. The highest BCUT2D eigenvalue weighted by Crippen LogP contribution is 2.48. The molecule has 0 fully saturated rings. The maximum atomic E-state index is 12.4. The van der Waals surface area contributed by atoms with E-state index in [1.54, 1.807) is 14.2 Å². The highest BCUT2D eigenvalue weighted by molar-refractivity contribution is 7.23. The van der Waals surface area contributed by atoms with E-state index in [-0.39, 0.29) is 24.1 Å². The molecule has 3 aromatic rings. The molecule has 1 atom stereocenters. The van der Waals surface area contributed by atoms with Gasteiger partial charge in [0.2, 0.25) is 5.91 Å². The second-order valence-corrected chi connectivity index (χ2v) is 7.57. The van der Waals surface area contributed by atoms with Gasteiger partial charge in [-0.3, -0.25) is 4.79 Å². The van der Waals surface area contributed by atoms with Gasteiger partial charge in [0.15, 0.2) is 11.5 Å². The summed E-state index contributed by atoms with van der Waals surface area (Å²) in [4.78, 5) is 16.9. The van der Waals surface area contributed by atoms with Crippen LogP contribution < -0.4 is 20.5 Å². The quantitative estimate of drug-likeness (QED) is 0.703. The van der Waals surface area contributed by atoms with Gasteiger partial charge in [-0.25, -0.2) is 4.98 Å². The van der Waals surface area contributed by atoms with Gasteiger partial charge >= 0.3 is 0 Å². The summed E-state index contributed by atoms with van der Waals surface area (Å²) in [6.07, 6.45) is 0.287. The Morgan fingerprint density at radius 1 is 1.32 bits per heavy atom. The lowest BCUT2D eigenvalue weighted by molar-refractivity contribution is -0.116. The summed E-state index contributed by atoms with van der Waals surface area (Å²) in [7, 11) is 3.16. The minimum atomic E-state index is -0.198. The van der Waals surface area contributed by atoms with Gasteiger partial charge in [0.25, 0.3) is 0 Å². The molecule has 1 unspecified atom stereocenters. The summed E-state index contributed by atoms with van der Waals surface area (Å²) in [5, 5.41) is 13.1. The predicted molar refractivity (Wildman–Crippen MR) is 108 cm³/mol. The van der Waals surface area contributed by atoms with Gasteiger partial charge in [-0.1, -0.05) is 6.07 Å². The van der Waals surface area contributed by atoms with Gasteiger partial charge in [-0.05, 0) is 30.2 Å². The second-order valence-electron chi connectivity index (χ2n) is 6.55. The number of anilines is 2. The van der Waals surface area contributed by atoms with Crippen LogP contribution in [0.5, 0.6) is 11.5 Å². The number of nitriles is 1. The third kappa shape index (κ3) is 2.63. The summed E-state index contributed by atoms with van der Waals surface area (Å²) in [5.41, 5.74) is 9.77.